The summed E-state index contributed by atoms with van der Waals surface area (Å²) in [6, 6.07) is 13.7. The summed E-state index contributed by atoms with van der Waals surface area (Å²) in [5, 5.41) is 12.2. The quantitative estimate of drug-likeness (QED) is 0.600. The van der Waals surface area contributed by atoms with Crippen LogP contribution in [0.1, 0.15) is 41.3 Å². The number of likely N-dealkylation sites (N-methyl/N-ethyl adjacent to an activating group) is 2. The zero-order valence-electron chi connectivity index (χ0n) is 17.0. The lowest BCUT2D eigenvalue weighted by atomic mass is 9.93. The minimum Gasteiger partial charge on any atom is -0.334 e. The monoisotopic (exact) mass is 381 g/mol. The van der Waals surface area contributed by atoms with Crippen molar-refractivity contribution in [3.63, 3.8) is 0 Å². The fourth-order valence-electron chi connectivity index (χ4n) is 4.31. The molecular weight excluding hydrogens is 354 g/mol. The largest absolute Gasteiger partial charge is 0.334 e. The molecular formula is C22H27N3O3. The molecule has 6 nitrogen and oxygen atoms in total. The molecule has 2 aromatic rings. The van der Waals surface area contributed by atoms with Crippen LogP contribution in [0.2, 0.25) is 0 Å². The Balaban J connectivity index is 2.15. The van der Waals surface area contributed by atoms with Crippen LogP contribution in [0, 0.1) is 24.0 Å². The van der Waals surface area contributed by atoms with Crippen LogP contribution in [0.4, 0.5) is 0 Å². The van der Waals surface area contributed by atoms with Crippen molar-refractivity contribution < 1.29 is 9.72 Å². The molecule has 1 aliphatic rings. The second kappa shape index (κ2) is 7.72. The van der Waals surface area contributed by atoms with Gasteiger partial charge in [0.05, 0.1) is 6.04 Å². The van der Waals surface area contributed by atoms with Gasteiger partial charge < -0.3 is 4.90 Å². The molecule has 0 bridgehead atoms. The normalized spacial score (nSPS) is 24.9. The van der Waals surface area contributed by atoms with E-state index in [4.69, 9.17) is 0 Å². The number of nitro groups is 1. The van der Waals surface area contributed by atoms with Crippen molar-refractivity contribution in [3.05, 3.63) is 80.9 Å². The predicted molar refractivity (Wildman–Crippen MR) is 109 cm³/mol. The number of amides is 1. The molecule has 0 unspecified atom stereocenters. The van der Waals surface area contributed by atoms with E-state index in [2.05, 4.69) is 0 Å². The van der Waals surface area contributed by atoms with Crippen LogP contribution >= 0.6 is 0 Å². The van der Waals surface area contributed by atoms with Gasteiger partial charge in [-0.2, -0.15) is 0 Å². The van der Waals surface area contributed by atoms with Gasteiger partial charge in [-0.15, -0.1) is 0 Å². The van der Waals surface area contributed by atoms with E-state index in [9.17, 15) is 14.9 Å². The van der Waals surface area contributed by atoms with Crippen molar-refractivity contribution in [3.8, 4) is 0 Å². The molecule has 0 aromatic heterocycles. The number of rotatable bonds is 4. The zero-order valence-corrected chi connectivity index (χ0v) is 17.0. The molecule has 0 aliphatic carbocycles. The Bertz CT molecular complexity index is 864. The summed E-state index contributed by atoms with van der Waals surface area (Å²) in [7, 11) is 3.58. The van der Waals surface area contributed by atoms with Crippen molar-refractivity contribution in [2.24, 2.45) is 0 Å². The molecule has 148 valence electrons. The lowest BCUT2D eigenvalue weighted by Gasteiger charge is -2.31. The number of hydrogen-bond donors (Lipinski definition) is 0. The molecule has 0 radical (unpaired) electrons. The summed E-state index contributed by atoms with van der Waals surface area (Å²) in [6.07, 6.45) is 0. The highest BCUT2D eigenvalue weighted by Crippen LogP contribution is 2.46. The van der Waals surface area contributed by atoms with Crippen LogP contribution in [0.25, 0.3) is 0 Å². The fraction of sp³-hybridized carbons (Fsp3) is 0.409. The minimum absolute atomic E-state index is 0.174. The maximum atomic E-state index is 12.2. The first-order chi connectivity index (χ1) is 13.2. The maximum absolute atomic E-state index is 12.2. The number of benzene rings is 2. The van der Waals surface area contributed by atoms with Gasteiger partial charge in [-0.3, -0.25) is 19.8 Å². The van der Waals surface area contributed by atoms with Gasteiger partial charge in [-0.05, 0) is 32.0 Å². The standard InChI is InChI=1S/C22H27N3O3/c1-14-6-10-17(11-7-14)19-21(23(4)16(3)26)22(25(27)28)20(24(19)5)18-12-8-15(2)9-13-18/h6-13,19-22H,1-5H3/t19-,20-,21-,22-/m1/s1. The smallest absolute Gasteiger partial charge is 0.254 e. The van der Waals surface area contributed by atoms with E-state index in [1.54, 1.807) is 7.05 Å². The number of hydrogen-bond acceptors (Lipinski definition) is 4. The molecule has 2 aromatic carbocycles. The third-order valence-corrected chi connectivity index (χ3v) is 5.90. The van der Waals surface area contributed by atoms with E-state index in [0.717, 1.165) is 22.3 Å². The molecule has 0 N–H and O–H groups in total. The van der Waals surface area contributed by atoms with Crippen molar-refractivity contribution in [2.75, 3.05) is 14.1 Å². The number of carbonyl (C=O) groups is 1. The lowest BCUT2D eigenvalue weighted by Crippen LogP contribution is -2.47. The van der Waals surface area contributed by atoms with Gasteiger partial charge in [-0.25, -0.2) is 0 Å². The molecule has 28 heavy (non-hydrogen) atoms. The van der Waals surface area contributed by atoms with E-state index < -0.39 is 18.1 Å². The first kappa shape index (κ1) is 20.0. The van der Waals surface area contributed by atoms with Gasteiger partial charge in [0, 0.05) is 18.9 Å². The van der Waals surface area contributed by atoms with Crippen molar-refractivity contribution >= 4 is 5.91 Å². The number of aryl methyl sites for hydroxylation is 2. The second-order valence-electron chi connectivity index (χ2n) is 7.77. The Labute approximate surface area is 165 Å². The minimum atomic E-state index is -0.923. The summed E-state index contributed by atoms with van der Waals surface area (Å²) in [5.74, 6) is -0.174. The van der Waals surface area contributed by atoms with Crippen molar-refractivity contribution in [1.82, 2.24) is 9.80 Å². The Hall–Kier alpha value is -2.73. The van der Waals surface area contributed by atoms with Gasteiger partial charge in [-0.1, -0.05) is 59.7 Å². The topological polar surface area (TPSA) is 66.7 Å². The molecule has 1 amide bonds. The van der Waals surface area contributed by atoms with E-state index in [1.165, 1.54) is 11.8 Å². The predicted octanol–water partition coefficient (Wildman–Crippen LogP) is 3.52. The summed E-state index contributed by atoms with van der Waals surface area (Å²) in [6.45, 7) is 5.47. The van der Waals surface area contributed by atoms with Crippen molar-refractivity contribution in [2.45, 2.75) is 44.9 Å². The average molecular weight is 381 g/mol. The summed E-state index contributed by atoms with van der Waals surface area (Å²) >= 11 is 0. The maximum Gasteiger partial charge on any atom is 0.254 e. The Kier molecular flexibility index (Phi) is 5.52. The van der Waals surface area contributed by atoms with Crippen LogP contribution in [0.5, 0.6) is 0 Å². The molecule has 1 saturated heterocycles. The van der Waals surface area contributed by atoms with Gasteiger partial charge in [0.25, 0.3) is 6.04 Å². The summed E-state index contributed by atoms with van der Waals surface area (Å²) in [5.41, 5.74) is 4.11. The van der Waals surface area contributed by atoms with Crippen LogP contribution in [0.15, 0.2) is 48.5 Å². The second-order valence-corrected chi connectivity index (χ2v) is 7.77. The fourth-order valence-corrected chi connectivity index (χ4v) is 4.31. The third kappa shape index (κ3) is 3.52. The van der Waals surface area contributed by atoms with Crippen LogP contribution in [-0.2, 0) is 4.79 Å². The third-order valence-electron chi connectivity index (χ3n) is 5.90. The first-order valence-electron chi connectivity index (χ1n) is 9.44. The highest BCUT2D eigenvalue weighted by atomic mass is 16.6. The molecule has 1 heterocycles. The molecule has 3 rings (SSSR count). The summed E-state index contributed by atoms with van der Waals surface area (Å²) < 4.78 is 0. The van der Waals surface area contributed by atoms with E-state index in [0.29, 0.717) is 0 Å². The Morgan fingerprint density at radius 2 is 1.39 bits per heavy atom. The lowest BCUT2D eigenvalue weighted by molar-refractivity contribution is -0.531. The highest BCUT2D eigenvalue weighted by Gasteiger charge is 2.57. The van der Waals surface area contributed by atoms with E-state index in [-0.39, 0.29) is 16.9 Å². The SMILES string of the molecule is CC(=O)N(C)[C@H]1[C@H]([N+](=O)[O-])[C@@H](c2ccc(C)cc2)N(C)[C@@H]1c1ccc(C)cc1. The number of likely N-dealkylation sites (tertiary alicyclic amines) is 1. The van der Waals surface area contributed by atoms with Crippen molar-refractivity contribution in [1.29, 1.82) is 0 Å². The Morgan fingerprint density at radius 3 is 1.79 bits per heavy atom. The van der Waals surface area contributed by atoms with E-state index >= 15 is 0 Å². The highest BCUT2D eigenvalue weighted by molar-refractivity contribution is 5.73. The molecule has 4 atom stereocenters. The molecule has 0 saturated carbocycles. The number of carbonyl (C=O) groups excluding carboxylic acids is 1. The van der Waals surface area contributed by atoms with Crippen LogP contribution < -0.4 is 0 Å². The average Bonchev–Trinajstić information content (AvgIpc) is 2.95. The van der Waals surface area contributed by atoms with Gasteiger partial charge in [0.15, 0.2) is 0 Å². The first-order valence-corrected chi connectivity index (χ1v) is 9.44. The molecule has 6 heteroatoms. The van der Waals surface area contributed by atoms with Gasteiger partial charge >= 0.3 is 0 Å². The summed E-state index contributed by atoms with van der Waals surface area (Å²) in [4.78, 5) is 27.8. The number of nitrogens with zero attached hydrogens (tertiary/aromatic N) is 3. The van der Waals surface area contributed by atoms with Gasteiger partial charge in [0.1, 0.15) is 12.1 Å². The molecule has 1 fully saturated rings. The van der Waals surface area contributed by atoms with Gasteiger partial charge in [0.2, 0.25) is 5.91 Å². The Morgan fingerprint density at radius 1 is 0.964 bits per heavy atom. The van der Waals surface area contributed by atoms with E-state index in [1.807, 2.05) is 74.3 Å². The van der Waals surface area contributed by atoms with Crippen LogP contribution in [-0.4, -0.2) is 46.8 Å². The van der Waals surface area contributed by atoms with Crippen LogP contribution in [0.3, 0.4) is 0 Å². The molecule has 0 spiro atoms. The molecule has 1 aliphatic heterocycles. The zero-order chi connectivity index (χ0) is 20.6.